The molecule has 0 aliphatic carbocycles. The van der Waals surface area contributed by atoms with Crippen LogP contribution in [0.2, 0.25) is 0 Å². The van der Waals surface area contributed by atoms with Crippen LogP contribution in [0.3, 0.4) is 0 Å². The number of ether oxygens (including phenoxy) is 2. The Morgan fingerprint density at radius 2 is 1.59 bits per heavy atom. The Hall–Kier alpha value is -2.01. The monoisotopic (exact) mass is 297 g/mol. The summed E-state index contributed by atoms with van der Waals surface area (Å²) in [5.74, 6) is 0. The molecule has 0 atom stereocenters. The maximum Gasteiger partial charge on any atom is 0.184 e. The summed E-state index contributed by atoms with van der Waals surface area (Å²) >= 11 is 0. The smallest absolute Gasteiger partial charge is 0.184 e. The summed E-state index contributed by atoms with van der Waals surface area (Å²) in [7, 11) is 0. The van der Waals surface area contributed by atoms with E-state index in [0.717, 1.165) is 11.1 Å². The average Bonchev–Trinajstić information content (AvgIpc) is 2.62. The number of aliphatic imine (C=N–C) groups is 1. The first-order chi connectivity index (χ1) is 10.8. The van der Waals surface area contributed by atoms with Crippen molar-refractivity contribution in [2.45, 2.75) is 11.8 Å². The van der Waals surface area contributed by atoms with Crippen LogP contribution in [-0.4, -0.2) is 36.7 Å². The second kappa shape index (κ2) is 6.83. The predicted octanol–water partition coefficient (Wildman–Crippen LogP) is 2.58. The molecule has 0 amide bonds. The molecule has 0 radical (unpaired) electrons. The molecule has 0 spiro atoms. The van der Waals surface area contributed by atoms with Crippen LogP contribution in [0, 0.1) is 0 Å². The fourth-order valence-corrected chi connectivity index (χ4v) is 2.31. The van der Waals surface area contributed by atoms with Crippen molar-refractivity contribution in [2.75, 3.05) is 19.8 Å². The SMILES string of the molecule is OCC1(N=Cc2ccccc2)COC(c2ccccc2)OC1. The number of hydrogen-bond acceptors (Lipinski definition) is 4. The normalized spacial score (nSPS) is 25.4. The van der Waals surface area contributed by atoms with Gasteiger partial charge in [0.05, 0.1) is 19.8 Å². The Kier molecular flexibility index (Phi) is 4.63. The fraction of sp³-hybridized carbons (Fsp3) is 0.278. The molecule has 0 saturated carbocycles. The summed E-state index contributed by atoms with van der Waals surface area (Å²) in [6.45, 7) is 0.538. The lowest BCUT2D eigenvalue weighted by Crippen LogP contribution is -2.46. The lowest BCUT2D eigenvalue weighted by Gasteiger charge is -2.36. The highest BCUT2D eigenvalue weighted by molar-refractivity contribution is 5.79. The van der Waals surface area contributed by atoms with Crippen molar-refractivity contribution < 1.29 is 14.6 Å². The zero-order valence-electron chi connectivity index (χ0n) is 12.3. The molecule has 4 heteroatoms. The molecule has 3 rings (SSSR count). The number of hydrogen-bond donors (Lipinski definition) is 1. The van der Waals surface area contributed by atoms with E-state index in [2.05, 4.69) is 4.99 Å². The quantitative estimate of drug-likeness (QED) is 0.883. The molecule has 1 aliphatic heterocycles. The maximum atomic E-state index is 9.70. The molecule has 1 aliphatic rings. The Balaban J connectivity index is 1.68. The summed E-state index contributed by atoms with van der Waals surface area (Å²) in [6.07, 6.45) is 1.36. The molecule has 1 N–H and O–H groups in total. The van der Waals surface area contributed by atoms with Crippen LogP contribution in [0.5, 0.6) is 0 Å². The van der Waals surface area contributed by atoms with E-state index in [0.29, 0.717) is 13.2 Å². The summed E-state index contributed by atoms with van der Waals surface area (Å²) < 4.78 is 11.5. The van der Waals surface area contributed by atoms with Gasteiger partial charge in [0.2, 0.25) is 0 Å². The van der Waals surface area contributed by atoms with E-state index >= 15 is 0 Å². The van der Waals surface area contributed by atoms with Crippen molar-refractivity contribution in [3.8, 4) is 0 Å². The molecule has 0 unspecified atom stereocenters. The second-order valence-corrected chi connectivity index (χ2v) is 5.42. The third-order valence-electron chi connectivity index (χ3n) is 3.66. The van der Waals surface area contributed by atoms with Gasteiger partial charge in [0.15, 0.2) is 6.29 Å². The van der Waals surface area contributed by atoms with E-state index in [1.54, 1.807) is 6.21 Å². The number of rotatable bonds is 4. The van der Waals surface area contributed by atoms with Gasteiger partial charge < -0.3 is 14.6 Å². The lowest BCUT2D eigenvalue weighted by atomic mass is 10.0. The lowest BCUT2D eigenvalue weighted by molar-refractivity contribution is -0.215. The van der Waals surface area contributed by atoms with Crippen molar-refractivity contribution in [3.05, 3.63) is 71.8 Å². The van der Waals surface area contributed by atoms with Gasteiger partial charge in [0.1, 0.15) is 5.54 Å². The third kappa shape index (κ3) is 3.42. The zero-order valence-corrected chi connectivity index (χ0v) is 12.3. The molecule has 1 saturated heterocycles. The van der Waals surface area contributed by atoms with Gasteiger partial charge in [-0.2, -0.15) is 0 Å². The fourth-order valence-electron chi connectivity index (χ4n) is 2.31. The van der Waals surface area contributed by atoms with E-state index in [1.807, 2.05) is 60.7 Å². The number of benzene rings is 2. The van der Waals surface area contributed by atoms with Gasteiger partial charge in [-0.05, 0) is 5.56 Å². The minimum absolute atomic E-state index is 0.113. The van der Waals surface area contributed by atoms with E-state index in [1.165, 1.54) is 0 Å². The molecule has 4 nitrogen and oxygen atoms in total. The Morgan fingerprint density at radius 3 is 2.18 bits per heavy atom. The van der Waals surface area contributed by atoms with Crippen molar-refractivity contribution >= 4 is 6.21 Å². The Bertz CT molecular complexity index is 605. The maximum absolute atomic E-state index is 9.70. The topological polar surface area (TPSA) is 51.1 Å². The molecule has 0 bridgehead atoms. The molecule has 1 fully saturated rings. The van der Waals surface area contributed by atoms with Crippen LogP contribution in [-0.2, 0) is 9.47 Å². The van der Waals surface area contributed by atoms with Crippen LogP contribution in [0.25, 0.3) is 0 Å². The van der Waals surface area contributed by atoms with Crippen LogP contribution in [0.4, 0.5) is 0 Å². The van der Waals surface area contributed by atoms with E-state index < -0.39 is 11.8 Å². The number of aliphatic hydroxyl groups is 1. The van der Waals surface area contributed by atoms with Gasteiger partial charge in [-0.25, -0.2) is 0 Å². The van der Waals surface area contributed by atoms with E-state index in [9.17, 15) is 5.11 Å². The highest BCUT2D eigenvalue weighted by Crippen LogP contribution is 2.28. The molecule has 2 aromatic carbocycles. The van der Waals surface area contributed by atoms with Crippen LogP contribution in [0.1, 0.15) is 17.4 Å². The summed E-state index contributed by atoms with van der Waals surface area (Å²) in [4.78, 5) is 4.51. The van der Waals surface area contributed by atoms with Crippen LogP contribution in [0.15, 0.2) is 65.7 Å². The second-order valence-electron chi connectivity index (χ2n) is 5.42. The highest BCUT2D eigenvalue weighted by Gasteiger charge is 2.36. The van der Waals surface area contributed by atoms with Crippen LogP contribution < -0.4 is 0 Å². The molecule has 2 aromatic rings. The number of aliphatic hydroxyl groups excluding tert-OH is 1. The molecular formula is C18H19NO3. The van der Waals surface area contributed by atoms with Gasteiger partial charge in [-0.15, -0.1) is 0 Å². The molecule has 114 valence electrons. The molecule has 22 heavy (non-hydrogen) atoms. The number of nitrogens with zero attached hydrogens (tertiary/aromatic N) is 1. The first-order valence-corrected chi connectivity index (χ1v) is 7.31. The van der Waals surface area contributed by atoms with Crippen molar-refractivity contribution in [1.82, 2.24) is 0 Å². The summed E-state index contributed by atoms with van der Waals surface area (Å²) in [5.41, 5.74) is 1.22. The van der Waals surface area contributed by atoms with E-state index in [4.69, 9.17) is 9.47 Å². The molecule has 1 heterocycles. The summed E-state index contributed by atoms with van der Waals surface area (Å²) in [5, 5.41) is 9.70. The van der Waals surface area contributed by atoms with Crippen molar-refractivity contribution in [1.29, 1.82) is 0 Å². The molecule has 0 aromatic heterocycles. The Morgan fingerprint density at radius 1 is 1.00 bits per heavy atom. The summed E-state index contributed by atoms with van der Waals surface area (Å²) in [6, 6.07) is 19.6. The van der Waals surface area contributed by atoms with Crippen molar-refractivity contribution in [3.63, 3.8) is 0 Å². The van der Waals surface area contributed by atoms with Gasteiger partial charge >= 0.3 is 0 Å². The van der Waals surface area contributed by atoms with Gasteiger partial charge in [0.25, 0.3) is 0 Å². The average molecular weight is 297 g/mol. The largest absolute Gasteiger partial charge is 0.394 e. The zero-order chi connectivity index (χ0) is 15.3. The van der Waals surface area contributed by atoms with Crippen LogP contribution >= 0.6 is 0 Å². The third-order valence-corrected chi connectivity index (χ3v) is 3.66. The first-order valence-electron chi connectivity index (χ1n) is 7.31. The van der Waals surface area contributed by atoms with Gasteiger partial charge in [-0.3, -0.25) is 4.99 Å². The van der Waals surface area contributed by atoms with Gasteiger partial charge in [-0.1, -0.05) is 60.7 Å². The van der Waals surface area contributed by atoms with Gasteiger partial charge in [0, 0.05) is 11.8 Å². The minimum Gasteiger partial charge on any atom is -0.394 e. The standard InChI is InChI=1S/C18H19NO3/c20-12-18(19-11-15-7-3-1-4-8-15)13-21-17(22-14-18)16-9-5-2-6-10-16/h1-11,17,20H,12-14H2. The molecular weight excluding hydrogens is 278 g/mol. The predicted molar refractivity (Wildman–Crippen MR) is 84.9 cm³/mol. The minimum atomic E-state index is -0.735. The van der Waals surface area contributed by atoms with E-state index in [-0.39, 0.29) is 6.61 Å². The first kappa shape index (κ1) is 14.9. The van der Waals surface area contributed by atoms with Crippen molar-refractivity contribution in [2.24, 2.45) is 4.99 Å². The highest BCUT2D eigenvalue weighted by atomic mass is 16.7. The Labute approximate surface area is 130 Å².